The second-order valence-electron chi connectivity index (χ2n) is 4.06. The maximum Gasteiger partial charge on any atom is 0.129 e. The number of hydrogen-bond acceptors (Lipinski definition) is 2. The van der Waals surface area contributed by atoms with Crippen LogP contribution in [0.5, 0.6) is 0 Å². The van der Waals surface area contributed by atoms with Crippen LogP contribution in [0.25, 0.3) is 0 Å². The van der Waals surface area contributed by atoms with Gasteiger partial charge in [0.1, 0.15) is 11.6 Å². The van der Waals surface area contributed by atoms with Gasteiger partial charge in [0.05, 0.1) is 6.61 Å². The van der Waals surface area contributed by atoms with E-state index in [9.17, 15) is 8.78 Å². The average Bonchev–Trinajstić information content (AvgIpc) is 2.23. The zero-order chi connectivity index (χ0) is 12.2. The molecule has 90 valence electrons. The van der Waals surface area contributed by atoms with Gasteiger partial charge in [0.2, 0.25) is 0 Å². The van der Waals surface area contributed by atoms with Crippen molar-refractivity contribution < 1.29 is 13.5 Å². The summed E-state index contributed by atoms with van der Waals surface area (Å²) >= 11 is 0. The van der Waals surface area contributed by atoms with Gasteiger partial charge in [-0.25, -0.2) is 8.78 Å². The number of hydrogen-bond donors (Lipinski definition) is 1. The van der Waals surface area contributed by atoms with Gasteiger partial charge in [-0.1, -0.05) is 13.0 Å². The zero-order valence-electron chi connectivity index (χ0n) is 9.59. The van der Waals surface area contributed by atoms with Gasteiger partial charge in [-0.2, -0.15) is 0 Å². The van der Waals surface area contributed by atoms with Crippen molar-refractivity contribution in [2.24, 2.45) is 5.73 Å². The van der Waals surface area contributed by atoms with Crippen molar-refractivity contribution in [2.45, 2.75) is 25.3 Å². The summed E-state index contributed by atoms with van der Waals surface area (Å²) in [5.41, 5.74) is 5.88. The summed E-state index contributed by atoms with van der Waals surface area (Å²) in [7, 11) is 1.55. The number of halogens is 2. The minimum absolute atomic E-state index is 0.337. The van der Waals surface area contributed by atoms with Crippen LogP contribution in [0.1, 0.15) is 18.9 Å². The van der Waals surface area contributed by atoms with Crippen molar-refractivity contribution in [1.29, 1.82) is 0 Å². The third-order valence-corrected chi connectivity index (χ3v) is 2.69. The number of nitrogens with two attached hydrogens (primary N) is 1. The van der Waals surface area contributed by atoms with Crippen LogP contribution in [0.2, 0.25) is 0 Å². The van der Waals surface area contributed by atoms with Crippen molar-refractivity contribution in [2.75, 3.05) is 13.7 Å². The van der Waals surface area contributed by atoms with Crippen LogP contribution >= 0.6 is 0 Å². The Hall–Kier alpha value is -1.00. The first kappa shape index (κ1) is 13.1. The molecule has 1 aromatic rings. The van der Waals surface area contributed by atoms with Gasteiger partial charge in [0.15, 0.2) is 0 Å². The predicted octanol–water partition coefficient (Wildman–Crippen LogP) is 2.26. The van der Waals surface area contributed by atoms with Crippen molar-refractivity contribution in [1.82, 2.24) is 0 Å². The Morgan fingerprint density at radius 1 is 1.38 bits per heavy atom. The molecule has 1 unspecified atom stereocenters. The van der Waals surface area contributed by atoms with Crippen LogP contribution in [0.3, 0.4) is 0 Å². The summed E-state index contributed by atoms with van der Waals surface area (Å²) in [4.78, 5) is 0. The highest BCUT2D eigenvalue weighted by Gasteiger charge is 2.24. The minimum atomic E-state index is -0.604. The lowest BCUT2D eigenvalue weighted by Crippen LogP contribution is -2.46. The van der Waals surface area contributed by atoms with Crippen LogP contribution in [-0.2, 0) is 11.2 Å². The topological polar surface area (TPSA) is 35.2 Å². The summed E-state index contributed by atoms with van der Waals surface area (Å²) in [6, 6.07) is 3.54. The normalized spacial score (nSPS) is 14.8. The second kappa shape index (κ2) is 5.37. The van der Waals surface area contributed by atoms with Gasteiger partial charge in [0, 0.05) is 18.7 Å². The summed E-state index contributed by atoms with van der Waals surface area (Å²) in [5.74, 6) is -1.13. The largest absolute Gasteiger partial charge is 0.383 e. The molecule has 0 radical (unpaired) electrons. The lowest BCUT2D eigenvalue weighted by atomic mass is 9.90. The molecule has 0 spiro atoms. The molecule has 0 amide bonds. The van der Waals surface area contributed by atoms with E-state index in [2.05, 4.69) is 0 Å². The van der Waals surface area contributed by atoms with Gasteiger partial charge in [-0.15, -0.1) is 0 Å². The molecule has 16 heavy (non-hydrogen) atoms. The minimum Gasteiger partial charge on any atom is -0.383 e. The van der Waals surface area contributed by atoms with Crippen LogP contribution < -0.4 is 5.73 Å². The molecule has 0 aliphatic rings. The van der Waals surface area contributed by atoms with Crippen molar-refractivity contribution in [3.8, 4) is 0 Å². The van der Waals surface area contributed by atoms with E-state index in [-0.39, 0.29) is 0 Å². The maximum atomic E-state index is 13.4. The smallest absolute Gasteiger partial charge is 0.129 e. The molecule has 0 aromatic heterocycles. The number of benzene rings is 1. The fraction of sp³-hybridized carbons (Fsp3) is 0.500. The SMILES string of the molecule is CCC(N)(COC)Cc1ccc(F)cc1F. The monoisotopic (exact) mass is 229 g/mol. The van der Waals surface area contributed by atoms with Crippen LogP contribution in [0, 0.1) is 11.6 Å². The van der Waals surface area contributed by atoms with E-state index in [4.69, 9.17) is 10.5 Å². The van der Waals surface area contributed by atoms with Gasteiger partial charge < -0.3 is 10.5 Å². The van der Waals surface area contributed by atoms with Crippen LogP contribution in [-0.4, -0.2) is 19.3 Å². The number of ether oxygens (including phenoxy) is 1. The van der Waals surface area contributed by atoms with E-state index in [1.807, 2.05) is 6.92 Å². The Balaban J connectivity index is 2.85. The van der Waals surface area contributed by atoms with E-state index in [0.29, 0.717) is 25.0 Å². The molecule has 2 N–H and O–H groups in total. The molecular formula is C12H17F2NO. The van der Waals surface area contributed by atoms with E-state index in [0.717, 1.165) is 6.07 Å². The molecule has 2 nitrogen and oxygen atoms in total. The highest BCUT2D eigenvalue weighted by atomic mass is 19.1. The Labute approximate surface area is 94.4 Å². The molecule has 0 bridgehead atoms. The Bertz CT molecular complexity index is 357. The summed E-state index contributed by atoms with van der Waals surface area (Å²) < 4.78 is 31.1. The maximum absolute atomic E-state index is 13.4. The summed E-state index contributed by atoms with van der Waals surface area (Å²) in [5, 5.41) is 0. The molecule has 0 aliphatic heterocycles. The molecule has 0 saturated heterocycles. The fourth-order valence-electron chi connectivity index (χ4n) is 1.61. The number of rotatable bonds is 5. The van der Waals surface area contributed by atoms with E-state index < -0.39 is 17.2 Å². The van der Waals surface area contributed by atoms with Crippen molar-refractivity contribution in [3.63, 3.8) is 0 Å². The number of methoxy groups -OCH3 is 1. The van der Waals surface area contributed by atoms with Gasteiger partial charge >= 0.3 is 0 Å². The highest BCUT2D eigenvalue weighted by molar-refractivity contribution is 5.21. The second-order valence-corrected chi connectivity index (χ2v) is 4.06. The van der Waals surface area contributed by atoms with E-state index >= 15 is 0 Å². The standard InChI is InChI=1S/C12H17F2NO/c1-3-12(15,8-16-2)7-9-4-5-10(13)6-11(9)14/h4-6H,3,7-8,15H2,1-2H3. The molecule has 4 heteroatoms. The third-order valence-electron chi connectivity index (χ3n) is 2.69. The van der Waals surface area contributed by atoms with Gasteiger partial charge in [-0.05, 0) is 24.5 Å². The first-order chi connectivity index (χ1) is 7.50. The quantitative estimate of drug-likeness (QED) is 0.840. The van der Waals surface area contributed by atoms with Crippen LogP contribution in [0.15, 0.2) is 18.2 Å². The fourth-order valence-corrected chi connectivity index (χ4v) is 1.61. The molecule has 1 aromatic carbocycles. The molecule has 0 heterocycles. The Morgan fingerprint density at radius 2 is 2.06 bits per heavy atom. The molecular weight excluding hydrogens is 212 g/mol. The molecule has 1 rings (SSSR count). The van der Waals surface area contributed by atoms with E-state index in [1.54, 1.807) is 7.11 Å². The lowest BCUT2D eigenvalue weighted by Gasteiger charge is -2.27. The zero-order valence-corrected chi connectivity index (χ0v) is 9.59. The van der Waals surface area contributed by atoms with Gasteiger partial charge in [0.25, 0.3) is 0 Å². The van der Waals surface area contributed by atoms with E-state index in [1.165, 1.54) is 12.1 Å². The van der Waals surface area contributed by atoms with Crippen molar-refractivity contribution >= 4 is 0 Å². The highest BCUT2D eigenvalue weighted by Crippen LogP contribution is 2.18. The third kappa shape index (κ3) is 3.25. The summed E-state index contributed by atoms with van der Waals surface area (Å²) in [6.45, 7) is 2.26. The lowest BCUT2D eigenvalue weighted by molar-refractivity contribution is 0.129. The Kier molecular flexibility index (Phi) is 4.38. The van der Waals surface area contributed by atoms with Gasteiger partial charge in [-0.3, -0.25) is 0 Å². The molecule has 0 aliphatic carbocycles. The summed E-state index contributed by atoms with van der Waals surface area (Å²) in [6.07, 6.45) is 1.00. The molecule has 0 saturated carbocycles. The Morgan fingerprint density at radius 3 is 2.56 bits per heavy atom. The first-order valence-electron chi connectivity index (χ1n) is 5.22. The van der Waals surface area contributed by atoms with Crippen LogP contribution in [0.4, 0.5) is 8.78 Å². The van der Waals surface area contributed by atoms with Crippen molar-refractivity contribution in [3.05, 3.63) is 35.4 Å². The molecule has 0 fully saturated rings. The predicted molar refractivity (Wildman–Crippen MR) is 59.1 cm³/mol. The molecule has 1 atom stereocenters. The first-order valence-corrected chi connectivity index (χ1v) is 5.22. The average molecular weight is 229 g/mol.